The van der Waals surface area contributed by atoms with Gasteiger partial charge in [-0.25, -0.2) is 4.98 Å². The molecule has 0 bridgehead atoms. The van der Waals surface area contributed by atoms with Crippen molar-refractivity contribution in [3.63, 3.8) is 0 Å². The predicted octanol–water partition coefficient (Wildman–Crippen LogP) is 2.21. The molecule has 0 radical (unpaired) electrons. The lowest BCUT2D eigenvalue weighted by molar-refractivity contribution is -0.133. The first-order valence-electron chi connectivity index (χ1n) is 8.41. The Kier molecular flexibility index (Phi) is 3.71. The van der Waals surface area contributed by atoms with Gasteiger partial charge < -0.3 is 4.90 Å². The molecule has 4 rings (SSSR count). The molecule has 1 amide bonds. The standard InChI is InChI=1S/C17H21N3O2S/c1-11-4-3-7-19(8-11)14(21)9-20-10-18-16-15(17(20)22)12-5-2-6-13(12)23-16/h10-11H,2-9H2,1H3/t11-/m0/s1. The van der Waals surface area contributed by atoms with Gasteiger partial charge in [0.15, 0.2) is 0 Å². The van der Waals surface area contributed by atoms with Crippen molar-refractivity contribution in [3.8, 4) is 0 Å². The van der Waals surface area contributed by atoms with E-state index in [9.17, 15) is 9.59 Å². The Morgan fingerprint density at radius 3 is 3.09 bits per heavy atom. The van der Waals surface area contributed by atoms with Gasteiger partial charge in [-0.3, -0.25) is 14.2 Å². The number of amides is 1. The number of nitrogens with zero attached hydrogens (tertiary/aromatic N) is 3. The molecule has 1 fully saturated rings. The zero-order valence-electron chi connectivity index (χ0n) is 13.4. The van der Waals surface area contributed by atoms with Crippen LogP contribution in [0.1, 0.15) is 36.6 Å². The Labute approximate surface area is 138 Å². The van der Waals surface area contributed by atoms with Gasteiger partial charge in [0.1, 0.15) is 11.4 Å². The van der Waals surface area contributed by atoms with Crippen LogP contribution in [0.15, 0.2) is 11.1 Å². The molecular formula is C17H21N3O2S. The Morgan fingerprint density at radius 2 is 2.26 bits per heavy atom. The number of rotatable bonds is 2. The third kappa shape index (κ3) is 2.59. The number of aromatic nitrogens is 2. The lowest BCUT2D eigenvalue weighted by Gasteiger charge is -2.31. The summed E-state index contributed by atoms with van der Waals surface area (Å²) >= 11 is 1.64. The van der Waals surface area contributed by atoms with Crippen LogP contribution in [0.2, 0.25) is 0 Å². The van der Waals surface area contributed by atoms with Gasteiger partial charge in [-0.2, -0.15) is 0 Å². The topological polar surface area (TPSA) is 55.2 Å². The number of hydrogen-bond donors (Lipinski definition) is 0. The molecule has 122 valence electrons. The number of carbonyl (C=O) groups is 1. The van der Waals surface area contributed by atoms with E-state index in [1.165, 1.54) is 21.4 Å². The predicted molar refractivity (Wildman–Crippen MR) is 90.9 cm³/mol. The number of likely N-dealkylation sites (tertiary alicyclic amines) is 1. The molecule has 0 N–H and O–H groups in total. The van der Waals surface area contributed by atoms with Crippen LogP contribution in [-0.4, -0.2) is 33.4 Å². The quantitative estimate of drug-likeness (QED) is 0.848. The second kappa shape index (κ2) is 5.74. The lowest BCUT2D eigenvalue weighted by Crippen LogP contribution is -2.42. The van der Waals surface area contributed by atoms with Crippen molar-refractivity contribution in [3.05, 3.63) is 27.1 Å². The number of thiophene rings is 1. The minimum absolute atomic E-state index is 0.0340. The molecule has 3 heterocycles. The maximum atomic E-state index is 12.8. The molecule has 0 spiro atoms. The van der Waals surface area contributed by atoms with Crippen molar-refractivity contribution in [2.45, 2.75) is 45.6 Å². The SMILES string of the molecule is C[C@H]1CCCN(C(=O)Cn2cnc3sc4c(c3c2=O)CCC4)C1. The largest absolute Gasteiger partial charge is 0.341 e. The van der Waals surface area contributed by atoms with E-state index in [1.54, 1.807) is 17.7 Å². The van der Waals surface area contributed by atoms with Crippen molar-refractivity contribution in [2.24, 2.45) is 5.92 Å². The fourth-order valence-corrected chi connectivity index (χ4v) is 5.01. The maximum Gasteiger partial charge on any atom is 0.262 e. The Balaban J connectivity index is 1.63. The fraction of sp³-hybridized carbons (Fsp3) is 0.588. The summed E-state index contributed by atoms with van der Waals surface area (Å²) in [6.45, 7) is 3.89. The summed E-state index contributed by atoms with van der Waals surface area (Å²) in [5.41, 5.74) is 1.13. The number of carbonyl (C=O) groups excluding carboxylic acids is 1. The second-order valence-corrected chi connectivity index (χ2v) is 7.89. The first-order chi connectivity index (χ1) is 11.1. The zero-order chi connectivity index (χ0) is 16.0. The lowest BCUT2D eigenvalue weighted by atomic mass is 10.0. The van der Waals surface area contributed by atoms with Crippen LogP contribution >= 0.6 is 11.3 Å². The Morgan fingerprint density at radius 1 is 1.39 bits per heavy atom. The molecule has 2 aromatic heterocycles. The van der Waals surface area contributed by atoms with E-state index in [0.29, 0.717) is 5.92 Å². The van der Waals surface area contributed by atoms with Gasteiger partial charge in [0.05, 0.1) is 11.7 Å². The van der Waals surface area contributed by atoms with E-state index in [4.69, 9.17) is 0 Å². The second-order valence-electron chi connectivity index (χ2n) is 6.80. The van der Waals surface area contributed by atoms with Gasteiger partial charge in [-0.1, -0.05) is 6.92 Å². The van der Waals surface area contributed by atoms with E-state index < -0.39 is 0 Å². The van der Waals surface area contributed by atoms with E-state index in [-0.39, 0.29) is 18.0 Å². The molecule has 1 aliphatic heterocycles. The summed E-state index contributed by atoms with van der Waals surface area (Å²) in [4.78, 5) is 33.8. The van der Waals surface area contributed by atoms with Crippen LogP contribution in [-0.2, 0) is 24.2 Å². The average molecular weight is 331 g/mol. The number of hydrogen-bond acceptors (Lipinski definition) is 4. The Hall–Kier alpha value is -1.69. The summed E-state index contributed by atoms with van der Waals surface area (Å²) in [6.07, 6.45) is 6.92. The summed E-state index contributed by atoms with van der Waals surface area (Å²) in [5, 5.41) is 0.754. The van der Waals surface area contributed by atoms with Crippen molar-refractivity contribution in [1.29, 1.82) is 0 Å². The number of fused-ring (bicyclic) bond motifs is 3. The molecule has 1 aliphatic carbocycles. The molecule has 23 heavy (non-hydrogen) atoms. The zero-order valence-corrected chi connectivity index (χ0v) is 14.2. The van der Waals surface area contributed by atoms with Gasteiger partial charge in [0, 0.05) is 18.0 Å². The van der Waals surface area contributed by atoms with Crippen molar-refractivity contribution < 1.29 is 4.79 Å². The molecule has 0 saturated carbocycles. The fourth-order valence-electron chi connectivity index (χ4n) is 3.79. The monoisotopic (exact) mass is 331 g/mol. The summed E-state index contributed by atoms with van der Waals surface area (Å²) in [6, 6.07) is 0. The van der Waals surface area contributed by atoms with Gasteiger partial charge in [0.2, 0.25) is 5.91 Å². The van der Waals surface area contributed by atoms with Crippen LogP contribution in [0, 0.1) is 5.92 Å². The molecule has 2 aliphatic rings. The molecule has 5 nitrogen and oxygen atoms in total. The molecule has 6 heteroatoms. The highest BCUT2D eigenvalue weighted by Crippen LogP contribution is 2.34. The molecular weight excluding hydrogens is 310 g/mol. The Bertz CT molecular complexity index is 823. The van der Waals surface area contributed by atoms with Crippen molar-refractivity contribution >= 4 is 27.5 Å². The van der Waals surface area contributed by atoms with E-state index in [2.05, 4.69) is 11.9 Å². The van der Waals surface area contributed by atoms with Crippen LogP contribution in [0.3, 0.4) is 0 Å². The summed E-state index contributed by atoms with van der Waals surface area (Å²) in [7, 11) is 0. The highest BCUT2D eigenvalue weighted by atomic mass is 32.1. The first kappa shape index (κ1) is 14.9. The first-order valence-corrected chi connectivity index (χ1v) is 9.22. The van der Waals surface area contributed by atoms with Crippen LogP contribution < -0.4 is 5.56 Å². The summed E-state index contributed by atoms with van der Waals surface area (Å²) < 4.78 is 1.50. The van der Waals surface area contributed by atoms with Gasteiger partial charge >= 0.3 is 0 Å². The molecule has 2 aromatic rings. The van der Waals surface area contributed by atoms with Crippen molar-refractivity contribution in [1.82, 2.24) is 14.5 Å². The minimum atomic E-state index is -0.0483. The minimum Gasteiger partial charge on any atom is -0.341 e. The molecule has 0 unspecified atom stereocenters. The number of piperidine rings is 1. The molecule has 1 saturated heterocycles. The smallest absolute Gasteiger partial charge is 0.262 e. The van der Waals surface area contributed by atoms with Gasteiger partial charge in [0.25, 0.3) is 5.56 Å². The highest BCUT2D eigenvalue weighted by Gasteiger charge is 2.24. The third-order valence-electron chi connectivity index (χ3n) is 5.01. The maximum absolute atomic E-state index is 12.8. The van der Waals surface area contributed by atoms with Crippen LogP contribution in [0.4, 0.5) is 0 Å². The normalized spacial score (nSPS) is 20.9. The van der Waals surface area contributed by atoms with E-state index >= 15 is 0 Å². The summed E-state index contributed by atoms with van der Waals surface area (Å²) in [5.74, 6) is 0.580. The van der Waals surface area contributed by atoms with Gasteiger partial charge in [-0.15, -0.1) is 11.3 Å². The van der Waals surface area contributed by atoms with Crippen molar-refractivity contribution in [2.75, 3.05) is 13.1 Å². The third-order valence-corrected chi connectivity index (χ3v) is 6.21. The number of aryl methyl sites for hydroxylation is 2. The van der Waals surface area contributed by atoms with E-state index in [0.717, 1.165) is 49.0 Å². The highest BCUT2D eigenvalue weighted by molar-refractivity contribution is 7.18. The van der Waals surface area contributed by atoms with Crippen LogP contribution in [0.25, 0.3) is 10.2 Å². The van der Waals surface area contributed by atoms with Gasteiger partial charge in [-0.05, 0) is 43.6 Å². The molecule has 1 atom stereocenters. The molecule has 0 aromatic carbocycles. The average Bonchev–Trinajstić information content (AvgIpc) is 3.10. The van der Waals surface area contributed by atoms with E-state index in [1.807, 2.05) is 4.90 Å². The van der Waals surface area contributed by atoms with Crippen LogP contribution in [0.5, 0.6) is 0 Å².